The molecule has 0 aromatic rings. The smallest absolute Gasteiger partial charge is 0.0674 e. The van der Waals surface area contributed by atoms with Crippen molar-refractivity contribution in [3.05, 3.63) is 0 Å². The topological polar surface area (TPSA) is 38.5 Å². The molecule has 3 nitrogen and oxygen atoms in total. The Kier molecular flexibility index (Phi) is 7.82. The number of morpholine rings is 1. The normalized spacial score (nSPS) is 23.8. The van der Waals surface area contributed by atoms with Gasteiger partial charge in [0.25, 0.3) is 0 Å². The van der Waals surface area contributed by atoms with Gasteiger partial charge in [-0.2, -0.15) is 0 Å². The van der Waals surface area contributed by atoms with Crippen molar-refractivity contribution in [1.29, 1.82) is 0 Å². The summed E-state index contributed by atoms with van der Waals surface area (Å²) in [5.74, 6) is 0.850. The van der Waals surface area contributed by atoms with Crippen LogP contribution >= 0.6 is 0 Å². The molecule has 3 heteroatoms. The lowest BCUT2D eigenvalue weighted by Gasteiger charge is -2.31. The predicted molar refractivity (Wildman–Crippen MR) is 73.2 cm³/mol. The molecule has 0 spiro atoms. The quantitative estimate of drug-likeness (QED) is 0.709. The Morgan fingerprint density at radius 2 is 2.18 bits per heavy atom. The van der Waals surface area contributed by atoms with E-state index in [9.17, 15) is 0 Å². The molecule has 0 aliphatic carbocycles. The zero-order chi connectivity index (χ0) is 12.5. The minimum absolute atomic E-state index is 0.416. The van der Waals surface area contributed by atoms with Crippen LogP contribution in [0.15, 0.2) is 0 Å². The molecule has 102 valence electrons. The van der Waals surface area contributed by atoms with Crippen molar-refractivity contribution in [1.82, 2.24) is 4.90 Å². The lowest BCUT2D eigenvalue weighted by Crippen LogP contribution is -2.41. The molecule has 0 aromatic heterocycles. The maximum atomic E-state index is 5.67. The Morgan fingerprint density at radius 1 is 1.35 bits per heavy atom. The van der Waals surface area contributed by atoms with E-state index in [-0.39, 0.29) is 0 Å². The van der Waals surface area contributed by atoms with Crippen molar-refractivity contribution in [2.75, 3.05) is 32.8 Å². The van der Waals surface area contributed by atoms with Gasteiger partial charge in [-0.3, -0.25) is 4.90 Å². The number of hydrogen-bond donors (Lipinski definition) is 1. The van der Waals surface area contributed by atoms with Crippen molar-refractivity contribution in [2.24, 2.45) is 11.7 Å². The molecular formula is C14H30N2O. The highest BCUT2D eigenvalue weighted by Crippen LogP contribution is 2.17. The maximum absolute atomic E-state index is 5.67. The first-order chi connectivity index (χ1) is 8.26. The fraction of sp³-hybridized carbons (Fsp3) is 1.00. The third kappa shape index (κ3) is 6.39. The second-order valence-electron chi connectivity index (χ2n) is 5.36. The van der Waals surface area contributed by atoms with E-state index < -0.39 is 0 Å². The van der Waals surface area contributed by atoms with E-state index in [1.807, 2.05) is 0 Å². The van der Waals surface area contributed by atoms with Crippen LogP contribution in [0.4, 0.5) is 0 Å². The van der Waals surface area contributed by atoms with Crippen molar-refractivity contribution >= 4 is 0 Å². The third-order valence-corrected chi connectivity index (χ3v) is 3.68. The Bertz CT molecular complexity index is 176. The molecule has 2 unspecified atom stereocenters. The molecule has 1 rings (SSSR count). The van der Waals surface area contributed by atoms with Gasteiger partial charge in [0.15, 0.2) is 0 Å². The molecule has 1 fully saturated rings. The van der Waals surface area contributed by atoms with E-state index in [0.717, 1.165) is 32.2 Å². The number of nitrogens with zero attached hydrogens (tertiary/aromatic N) is 1. The van der Waals surface area contributed by atoms with Crippen LogP contribution in [-0.2, 0) is 4.74 Å². The zero-order valence-electron chi connectivity index (χ0n) is 11.7. The molecule has 2 atom stereocenters. The average molecular weight is 242 g/mol. The van der Waals surface area contributed by atoms with E-state index in [2.05, 4.69) is 18.7 Å². The maximum Gasteiger partial charge on any atom is 0.0674 e. The highest BCUT2D eigenvalue weighted by atomic mass is 16.5. The summed E-state index contributed by atoms with van der Waals surface area (Å²) in [5.41, 5.74) is 5.67. The van der Waals surface area contributed by atoms with E-state index in [0.29, 0.717) is 6.10 Å². The van der Waals surface area contributed by atoms with Crippen LogP contribution < -0.4 is 5.73 Å². The summed E-state index contributed by atoms with van der Waals surface area (Å²) in [5, 5.41) is 0. The molecule has 1 heterocycles. The molecule has 1 saturated heterocycles. The van der Waals surface area contributed by atoms with Crippen LogP contribution in [0, 0.1) is 5.92 Å². The summed E-state index contributed by atoms with van der Waals surface area (Å²) < 4.78 is 5.55. The second kappa shape index (κ2) is 8.90. The summed E-state index contributed by atoms with van der Waals surface area (Å²) >= 11 is 0. The van der Waals surface area contributed by atoms with Crippen LogP contribution in [0.3, 0.4) is 0 Å². The van der Waals surface area contributed by atoms with E-state index in [1.54, 1.807) is 0 Å². The fourth-order valence-corrected chi connectivity index (χ4v) is 2.77. The number of ether oxygens (including phenoxy) is 1. The first-order valence-corrected chi connectivity index (χ1v) is 7.30. The molecule has 0 aromatic carbocycles. The first kappa shape index (κ1) is 14.9. The van der Waals surface area contributed by atoms with Gasteiger partial charge in [-0.15, -0.1) is 0 Å². The first-order valence-electron chi connectivity index (χ1n) is 7.30. The second-order valence-corrected chi connectivity index (χ2v) is 5.36. The predicted octanol–water partition coefficient (Wildman–Crippen LogP) is 2.25. The zero-order valence-corrected chi connectivity index (χ0v) is 11.7. The van der Waals surface area contributed by atoms with Gasteiger partial charge in [0.2, 0.25) is 0 Å². The van der Waals surface area contributed by atoms with Gasteiger partial charge < -0.3 is 10.5 Å². The van der Waals surface area contributed by atoms with Gasteiger partial charge in [-0.05, 0) is 45.2 Å². The highest BCUT2D eigenvalue weighted by molar-refractivity contribution is 4.69. The minimum Gasteiger partial charge on any atom is -0.376 e. The van der Waals surface area contributed by atoms with Gasteiger partial charge in [0, 0.05) is 13.1 Å². The van der Waals surface area contributed by atoms with Gasteiger partial charge in [0.1, 0.15) is 0 Å². The van der Waals surface area contributed by atoms with Crippen LogP contribution in [0.1, 0.15) is 46.0 Å². The molecule has 0 amide bonds. The summed E-state index contributed by atoms with van der Waals surface area (Å²) in [6, 6.07) is 0. The molecule has 0 saturated carbocycles. The summed E-state index contributed by atoms with van der Waals surface area (Å²) in [6.45, 7) is 9.64. The van der Waals surface area contributed by atoms with Crippen LogP contribution in [0.5, 0.6) is 0 Å². The number of rotatable bonds is 8. The summed E-state index contributed by atoms with van der Waals surface area (Å²) in [7, 11) is 0. The minimum atomic E-state index is 0.416. The van der Waals surface area contributed by atoms with Gasteiger partial charge in [-0.1, -0.05) is 19.8 Å². The fourth-order valence-electron chi connectivity index (χ4n) is 2.77. The third-order valence-electron chi connectivity index (χ3n) is 3.68. The van der Waals surface area contributed by atoms with Crippen LogP contribution in [-0.4, -0.2) is 43.8 Å². The van der Waals surface area contributed by atoms with Crippen LogP contribution in [0.25, 0.3) is 0 Å². The molecule has 1 aliphatic heterocycles. The van der Waals surface area contributed by atoms with Gasteiger partial charge in [0.05, 0.1) is 12.7 Å². The lowest BCUT2D eigenvalue weighted by molar-refractivity contribution is -0.0189. The number of hydrogen-bond acceptors (Lipinski definition) is 3. The van der Waals surface area contributed by atoms with Gasteiger partial charge in [-0.25, -0.2) is 0 Å². The van der Waals surface area contributed by atoms with Crippen molar-refractivity contribution in [3.63, 3.8) is 0 Å². The Balaban J connectivity index is 2.11. The monoisotopic (exact) mass is 242 g/mol. The summed E-state index contributed by atoms with van der Waals surface area (Å²) in [4.78, 5) is 2.54. The Hall–Kier alpha value is -0.120. The van der Waals surface area contributed by atoms with Gasteiger partial charge >= 0.3 is 0 Å². The lowest BCUT2D eigenvalue weighted by atomic mass is 9.94. The van der Waals surface area contributed by atoms with Crippen molar-refractivity contribution in [2.45, 2.75) is 52.1 Å². The molecule has 2 N–H and O–H groups in total. The molecule has 17 heavy (non-hydrogen) atoms. The van der Waals surface area contributed by atoms with Crippen molar-refractivity contribution in [3.8, 4) is 0 Å². The van der Waals surface area contributed by atoms with E-state index in [4.69, 9.17) is 10.5 Å². The standard InChI is InChI=1S/C14H30N2O/c1-3-5-14(7-8-15)6-4-9-16-10-11-17-13(2)12-16/h13-14H,3-12,15H2,1-2H3. The van der Waals surface area contributed by atoms with Crippen LogP contribution in [0.2, 0.25) is 0 Å². The molecule has 0 radical (unpaired) electrons. The Morgan fingerprint density at radius 3 is 2.82 bits per heavy atom. The average Bonchev–Trinajstić information content (AvgIpc) is 2.30. The SMILES string of the molecule is CCCC(CCN)CCCN1CCOC(C)C1. The van der Waals surface area contributed by atoms with E-state index >= 15 is 0 Å². The van der Waals surface area contributed by atoms with E-state index in [1.165, 1.54) is 38.6 Å². The van der Waals surface area contributed by atoms with Crippen molar-refractivity contribution < 1.29 is 4.74 Å². The molecule has 1 aliphatic rings. The Labute approximate surface area is 107 Å². The largest absolute Gasteiger partial charge is 0.376 e. The molecule has 0 bridgehead atoms. The number of nitrogens with two attached hydrogens (primary N) is 1. The highest BCUT2D eigenvalue weighted by Gasteiger charge is 2.16. The summed E-state index contributed by atoms with van der Waals surface area (Å²) in [6.07, 6.45) is 6.91. The molecular weight excluding hydrogens is 212 g/mol.